The van der Waals surface area contributed by atoms with E-state index < -0.39 is 0 Å². The van der Waals surface area contributed by atoms with Crippen LogP contribution >= 0.6 is 0 Å². The van der Waals surface area contributed by atoms with Crippen LogP contribution in [-0.2, 0) is 4.74 Å². The summed E-state index contributed by atoms with van der Waals surface area (Å²) in [5, 5.41) is 3.85. The number of methoxy groups -OCH3 is 1. The number of hydrogen-bond donors (Lipinski definition) is 1. The van der Waals surface area contributed by atoms with Gasteiger partial charge in [-0.3, -0.25) is 4.90 Å². The van der Waals surface area contributed by atoms with Crippen LogP contribution in [0.2, 0.25) is 0 Å². The fourth-order valence-electron chi connectivity index (χ4n) is 4.15. The first-order valence-corrected chi connectivity index (χ1v) is 8.71. The van der Waals surface area contributed by atoms with Crippen LogP contribution in [-0.4, -0.2) is 48.8 Å². The first-order chi connectivity index (χ1) is 9.68. The largest absolute Gasteiger partial charge is 0.381 e. The van der Waals surface area contributed by atoms with Crippen LogP contribution in [0.5, 0.6) is 0 Å². The van der Waals surface area contributed by atoms with Gasteiger partial charge in [0, 0.05) is 37.8 Å². The van der Waals surface area contributed by atoms with Crippen molar-refractivity contribution in [2.24, 2.45) is 0 Å². The summed E-state index contributed by atoms with van der Waals surface area (Å²) in [6.07, 6.45) is 9.38. The van der Waals surface area contributed by atoms with Crippen LogP contribution in [0, 0.1) is 0 Å². The van der Waals surface area contributed by atoms with Gasteiger partial charge in [0.25, 0.3) is 0 Å². The zero-order chi connectivity index (χ0) is 14.6. The maximum Gasteiger partial charge on any atom is 0.0586 e. The van der Waals surface area contributed by atoms with Gasteiger partial charge in [-0.25, -0.2) is 0 Å². The summed E-state index contributed by atoms with van der Waals surface area (Å²) >= 11 is 0. The number of rotatable bonds is 5. The van der Waals surface area contributed by atoms with E-state index in [-0.39, 0.29) is 0 Å². The second kappa shape index (κ2) is 7.24. The molecule has 1 N–H and O–H groups in total. The second-order valence-electron chi connectivity index (χ2n) is 6.78. The lowest BCUT2D eigenvalue weighted by Crippen LogP contribution is -2.66. The van der Waals surface area contributed by atoms with Gasteiger partial charge >= 0.3 is 0 Å². The van der Waals surface area contributed by atoms with Crippen molar-refractivity contribution in [3.05, 3.63) is 0 Å². The number of piperazine rings is 1. The van der Waals surface area contributed by atoms with Crippen molar-refractivity contribution >= 4 is 0 Å². The first-order valence-electron chi connectivity index (χ1n) is 8.71. The number of nitrogens with one attached hydrogen (secondary N) is 1. The van der Waals surface area contributed by atoms with Gasteiger partial charge in [0.2, 0.25) is 0 Å². The second-order valence-corrected chi connectivity index (χ2v) is 6.78. The normalized spacial score (nSPS) is 35.1. The highest BCUT2D eigenvalue weighted by Gasteiger charge is 2.40. The van der Waals surface area contributed by atoms with Crippen LogP contribution in [0.1, 0.15) is 65.7 Å². The zero-order valence-electron chi connectivity index (χ0n) is 14.0. The lowest BCUT2D eigenvalue weighted by atomic mass is 9.84. The molecule has 0 bridgehead atoms. The molecule has 3 heteroatoms. The van der Waals surface area contributed by atoms with Crippen molar-refractivity contribution < 1.29 is 4.74 Å². The fraction of sp³-hybridized carbons (Fsp3) is 1.00. The Hall–Kier alpha value is -0.120. The average Bonchev–Trinajstić information content (AvgIpc) is 2.54. The summed E-state index contributed by atoms with van der Waals surface area (Å²) in [4.78, 5) is 2.83. The number of nitrogens with zero attached hydrogens (tertiary/aromatic N) is 1. The van der Waals surface area contributed by atoms with Crippen molar-refractivity contribution in [2.75, 3.05) is 20.2 Å². The van der Waals surface area contributed by atoms with E-state index in [2.05, 4.69) is 31.0 Å². The summed E-state index contributed by atoms with van der Waals surface area (Å²) in [7, 11) is 1.88. The van der Waals surface area contributed by atoms with Crippen molar-refractivity contribution in [2.45, 2.75) is 89.4 Å². The lowest BCUT2D eigenvalue weighted by Gasteiger charge is -2.51. The molecule has 0 radical (unpaired) electrons. The van der Waals surface area contributed by atoms with E-state index in [1.807, 2.05) is 7.11 Å². The van der Waals surface area contributed by atoms with Gasteiger partial charge in [-0.15, -0.1) is 0 Å². The van der Waals surface area contributed by atoms with Gasteiger partial charge in [-0.2, -0.15) is 0 Å². The Morgan fingerprint density at radius 1 is 1.20 bits per heavy atom. The monoisotopic (exact) mass is 282 g/mol. The summed E-state index contributed by atoms with van der Waals surface area (Å²) in [6.45, 7) is 9.38. The molecule has 1 aliphatic heterocycles. The summed E-state index contributed by atoms with van der Waals surface area (Å²) in [5.74, 6) is 0. The van der Waals surface area contributed by atoms with E-state index >= 15 is 0 Å². The van der Waals surface area contributed by atoms with Crippen LogP contribution in [0.3, 0.4) is 0 Å². The molecular formula is C17H34N2O. The van der Waals surface area contributed by atoms with Crippen molar-refractivity contribution in [1.29, 1.82) is 0 Å². The van der Waals surface area contributed by atoms with Crippen molar-refractivity contribution in [3.63, 3.8) is 0 Å². The predicted molar refractivity (Wildman–Crippen MR) is 85.2 cm³/mol. The first kappa shape index (κ1) is 16.3. The predicted octanol–water partition coefficient (Wildman–Crippen LogP) is 3.19. The van der Waals surface area contributed by atoms with Gasteiger partial charge in [0.1, 0.15) is 0 Å². The quantitative estimate of drug-likeness (QED) is 0.838. The van der Waals surface area contributed by atoms with E-state index in [4.69, 9.17) is 4.74 Å². The molecule has 3 atom stereocenters. The molecule has 2 rings (SSSR count). The van der Waals surface area contributed by atoms with E-state index in [9.17, 15) is 0 Å². The topological polar surface area (TPSA) is 24.5 Å². The molecule has 20 heavy (non-hydrogen) atoms. The molecule has 0 aromatic rings. The molecule has 0 amide bonds. The third-order valence-corrected chi connectivity index (χ3v) is 5.89. The SMILES string of the molecule is CCC1CNC(CC)(CC)CN1C1CCCC(OC)C1. The average molecular weight is 282 g/mol. The Kier molecular flexibility index (Phi) is 5.88. The van der Waals surface area contributed by atoms with Crippen LogP contribution in [0.25, 0.3) is 0 Å². The highest BCUT2D eigenvalue weighted by Crippen LogP contribution is 2.31. The molecule has 0 spiro atoms. The standard InChI is InChI=1S/C17H34N2O/c1-5-14-12-18-17(6-2,7-3)13-19(14)15-9-8-10-16(11-15)20-4/h14-16,18H,5-13H2,1-4H3. The van der Waals surface area contributed by atoms with Gasteiger partial charge < -0.3 is 10.1 Å². The van der Waals surface area contributed by atoms with Crippen LogP contribution < -0.4 is 5.32 Å². The lowest BCUT2D eigenvalue weighted by molar-refractivity contribution is -0.0180. The molecule has 2 fully saturated rings. The van der Waals surface area contributed by atoms with Gasteiger partial charge in [0.05, 0.1) is 6.10 Å². The number of hydrogen-bond acceptors (Lipinski definition) is 3. The Morgan fingerprint density at radius 2 is 1.95 bits per heavy atom. The molecule has 0 aromatic heterocycles. The Bertz CT molecular complexity index is 291. The Labute approximate surface area is 125 Å². The third kappa shape index (κ3) is 3.37. The van der Waals surface area contributed by atoms with Gasteiger partial charge in [-0.05, 0) is 44.9 Å². The molecule has 2 aliphatic rings. The summed E-state index contributed by atoms with van der Waals surface area (Å²) < 4.78 is 5.64. The van der Waals surface area contributed by atoms with Gasteiger partial charge in [-0.1, -0.05) is 20.8 Å². The molecule has 1 heterocycles. The van der Waals surface area contributed by atoms with E-state index in [1.54, 1.807) is 0 Å². The highest BCUT2D eigenvalue weighted by atomic mass is 16.5. The van der Waals surface area contributed by atoms with E-state index in [0.717, 1.165) is 12.6 Å². The summed E-state index contributed by atoms with van der Waals surface area (Å²) in [5.41, 5.74) is 0.339. The minimum Gasteiger partial charge on any atom is -0.381 e. The zero-order valence-corrected chi connectivity index (χ0v) is 14.0. The smallest absolute Gasteiger partial charge is 0.0586 e. The Morgan fingerprint density at radius 3 is 2.55 bits per heavy atom. The molecule has 118 valence electrons. The van der Waals surface area contributed by atoms with Crippen LogP contribution in [0.4, 0.5) is 0 Å². The fourth-order valence-corrected chi connectivity index (χ4v) is 4.15. The minimum absolute atomic E-state index is 0.339. The molecule has 3 nitrogen and oxygen atoms in total. The maximum absolute atomic E-state index is 5.64. The molecule has 3 unspecified atom stereocenters. The minimum atomic E-state index is 0.339. The van der Waals surface area contributed by atoms with Gasteiger partial charge in [0.15, 0.2) is 0 Å². The van der Waals surface area contributed by atoms with E-state index in [0.29, 0.717) is 17.7 Å². The molecule has 1 aliphatic carbocycles. The van der Waals surface area contributed by atoms with Crippen molar-refractivity contribution in [1.82, 2.24) is 10.2 Å². The molecule has 0 aromatic carbocycles. The maximum atomic E-state index is 5.64. The van der Waals surface area contributed by atoms with Crippen LogP contribution in [0.15, 0.2) is 0 Å². The Balaban J connectivity index is 2.08. The van der Waals surface area contributed by atoms with E-state index in [1.165, 1.54) is 51.5 Å². The highest BCUT2D eigenvalue weighted by molar-refractivity contribution is 4.99. The molecule has 1 saturated carbocycles. The molecule has 1 saturated heterocycles. The van der Waals surface area contributed by atoms with Crippen molar-refractivity contribution in [3.8, 4) is 0 Å². The third-order valence-electron chi connectivity index (χ3n) is 5.89. The number of ether oxygens (including phenoxy) is 1. The molecular weight excluding hydrogens is 248 g/mol. The summed E-state index contributed by atoms with van der Waals surface area (Å²) in [6, 6.07) is 1.44.